The van der Waals surface area contributed by atoms with Gasteiger partial charge in [-0.15, -0.1) is 0 Å². The van der Waals surface area contributed by atoms with Gasteiger partial charge in [0.05, 0.1) is 0 Å². The molecule has 2 aliphatic heterocycles. The lowest BCUT2D eigenvalue weighted by molar-refractivity contribution is -0.134. The number of nitrogens with zero attached hydrogens (tertiary/aromatic N) is 3. The summed E-state index contributed by atoms with van der Waals surface area (Å²) in [5.41, 5.74) is 1.55. The van der Waals surface area contributed by atoms with Gasteiger partial charge in [0, 0.05) is 71.7 Å². The second kappa shape index (κ2) is 11.2. The summed E-state index contributed by atoms with van der Waals surface area (Å²) in [7, 11) is -2.03. The molecular formula is C21H38N4O6S. The molecule has 3 aliphatic rings. The highest BCUT2D eigenvalue weighted by Crippen LogP contribution is 2.33. The monoisotopic (exact) mass is 474 g/mol. The van der Waals surface area contributed by atoms with Crippen LogP contribution in [-0.4, -0.2) is 103 Å². The van der Waals surface area contributed by atoms with Crippen molar-refractivity contribution in [2.24, 2.45) is 0 Å². The number of sulfonamides is 1. The molecule has 0 aromatic heterocycles. The Hall–Kier alpha value is -1.27. The summed E-state index contributed by atoms with van der Waals surface area (Å²) in [5, 5.41) is 9.16. The molecular weight excluding hydrogens is 436 g/mol. The summed E-state index contributed by atoms with van der Waals surface area (Å²) in [6, 6.07) is 0.374. The number of amides is 2. The molecule has 0 unspecified atom stereocenters. The lowest BCUT2D eigenvalue weighted by Gasteiger charge is -2.41. The maximum Gasteiger partial charge on any atom is 0.266 e. The van der Waals surface area contributed by atoms with E-state index in [1.807, 2.05) is 11.9 Å². The van der Waals surface area contributed by atoms with Gasteiger partial charge in [-0.3, -0.25) is 14.8 Å². The summed E-state index contributed by atoms with van der Waals surface area (Å²) in [5.74, 6) is -0.696. The van der Waals surface area contributed by atoms with Crippen LogP contribution >= 0.6 is 0 Å². The Morgan fingerprint density at radius 3 is 2.31 bits per heavy atom. The van der Waals surface area contributed by atoms with Gasteiger partial charge >= 0.3 is 0 Å². The first-order chi connectivity index (χ1) is 15.3. The molecule has 3 fully saturated rings. The van der Waals surface area contributed by atoms with Crippen LogP contribution in [0.5, 0.6) is 0 Å². The van der Waals surface area contributed by atoms with Crippen molar-refractivity contribution in [1.29, 1.82) is 0 Å². The fourth-order valence-corrected chi connectivity index (χ4v) is 7.25. The Morgan fingerprint density at radius 2 is 1.72 bits per heavy atom. The van der Waals surface area contributed by atoms with Gasteiger partial charge in [0.25, 0.3) is 5.91 Å². The molecule has 3 rings (SSSR count). The van der Waals surface area contributed by atoms with E-state index in [1.165, 1.54) is 23.6 Å². The van der Waals surface area contributed by atoms with Crippen molar-refractivity contribution in [1.82, 2.24) is 19.6 Å². The summed E-state index contributed by atoms with van der Waals surface area (Å²) in [4.78, 5) is 29.0. The maximum atomic E-state index is 13.3. The van der Waals surface area contributed by atoms with E-state index in [0.29, 0.717) is 38.6 Å². The average molecular weight is 475 g/mol. The van der Waals surface area contributed by atoms with Crippen molar-refractivity contribution in [2.75, 3.05) is 53.0 Å². The molecule has 1 saturated carbocycles. The minimum atomic E-state index is -3.95. The Bertz CT molecular complexity index is 741. The molecule has 2 heterocycles. The zero-order valence-electron chi connectivity index (χ0n) is 19.1. The van der Waals surface area contributed by atoms with Crippen LogP contribution in [0.2, 0.25) is 0 Å². The average Bonchev–Trinajstić information content (AvgIpc) is 2.84. The van der Waals surface area contributed by atoms with Gasteiger partial charge in [-0.05, 0) is 25.8 Å². The van der Waals surface area contributed by atoms with Gasteiger partial charge in [-0.2, -0.15) is 4.31 Å². The van der Waals surface area contributed by atoms with Gasteiger partial charge in [0.1, 0.15) is 0 Å². The minimum absolute atomic E-state index is 0.0264. The van der Waals surface area contributed by atoms with E-state index in [9.17, 15) is 18.0 Å². The predicted octanol–water partition coefficient (Wildman–Crippen LogP) is 0.560. The molecule has 1 aliphatic carbocycles. The molecule has 0 aromatic rings. The molecule has 0 atom stereocenters. The van der Waals surface area contributed by atoms with Crippen molar-refractivity contribution in [3.8, 4) is 0 Å². The van der Waals surface area contributed by atoms with Crippen LogP contribution in [0.1, 0.15) is 57.8 Å². The number of rotatable bonds is 8. The smallest absolute Gasteiger partial charge is 0.266 e. The Balaban J connectivity index is 1.47. The third-order valence-electron chi connectivity index (χ3n) is 7.36. The first-order valence-corrected chi connectivity index (χ1v) is 13.3. The molecule has 11 heteroatoms. The van der Waals surface area contributed by atoms with E-state index in [1.54, 1.807) is 5.48 Å². The third kappa shape index (κ3) is 5.44. The second-order valence-corrected chi connectivity index (χ2v) is 11.4. The fourth-order valence-electron chi connectivity index (χ4n) is 5.15. The highest BCUT2D eigenvalue weighted by Gasteiger charge is 2.54. The number of hydrogen-bond donors (Lipinski definition) is 2. The zero-order chi connectivity index (χ0) is 23.2. The van der Waals surface area contributed by atoms with Crippen molar-refractivity contribution >= 4 is 21.8 Å². The lowest BCUT2D eigenvalue weighted by atomic mass is 9.94. The van der Waals surface area contributed by atoms with E-state index in [-0.39, 0.29) is 32.0 Å². The maximum absolute atomic E-state index is 13.3. The van der Waals surface area contributed by atoms with Gasteiger partial charge in [-0.25, -0.2) is 13.9 Å². The number of hydrogen-bond acceptors (Lipinski definition) is 7. The number of carbonyl (C=O) groups is 2. The molecule has 32 heavy (non-hydrogen) atoms. The van der Waals surface area contributed by atoms with Crippen LogP contribution in [0.25, 0.3) is 0 Å². The Kier molecular flexibility index (Phi) is 8.90. The first-order valence-electron chi connectivity index (χ1n) is 11.8. The topological polar surface area (TPSA) is 119 Å². The van der Waals surface area contributed by atoms with E-state index >= 15 is 0 Å². The van der Waals surface area contributed by atoms with Crippen LogP contribution in [0, 0.1) is 0 Å². The fraction of sp³-hybridized carbons (Fsp3) is 0.905. The standard InChI is InChI=1S/C21H38N4O6S/c1-23(18-6-3-2-4-7-18)19(26)8-5-11-24-12-14-25(15-13-24)32(29,30)21(20(27)22-28)9-16-31-17-10-21/h18,28H,2-17H2,1H3,(H,22,27). The molecule has 184 valence electrons. The van der Waals surface area contributed by atoms with Crippen molar-refractivity contribution in [2.45, 2.75) is 68.6 Å². The summed E-state index contributed by atoms with van der Waals surface area (Å²) in [6.07, 6.45) is 7.16. The van der Waals surface area contributed by atoms with Crippen LogP contribution in [0.4, 0.5) is 0 Å². The Morgan fingerprint density at radius 1 is 1.09 bits per heavy atom. The van der Waals surface area contributed by atoms with Crippen LogP contribution < -0.4 is 5.48 Å². The molecule has 0 spiro atoms. The molecule has 2 amide bonds. The van der Waals surface area contributed by atoms with E-state index in [2.05, 4.69) is 4.90 Å². The molecule has 2 N–H and O–H groups in total. The lowest BCUT2D eigenvalue weighted by Crippen LogP contribution is -2.62. The highest BCUT2D eigenvalue weighted by atomic mass is 32.2. The molecule has 0 bridgehead atoms. The van der Waals surface area contributed by atoms with E-state index < -0.39 is 20.7 Å². The number of ether oxygens (including phenoxy) is 1. The number of nitrogens with one attached hydrogen (secondary N) is 1. The SMILES string of the molecule is CN(C(=O)CCCN1CCN(S(=O)(=O)C2(C(=O)NO)CCOCC2)CC1)C1CCCCC1. The van der Waals surface area contributed by atoms with Gasteiger partial charge in [0.15, 0.2) is 4.75 Å². The van der Waals surface area contributed by atoms with Crippen molar-refractivity contribution in [3.63, 3.8) is 0 Å². The van der Waals surface area contributed by atoms with Gasteiger partial charge in [0.2, 0.25) is 15.9 Å². The normalized spacial score (nSPS) is 23.6. The molecule has 10 nitrogen and oxygen atoms in total. The number of hydroxylamine groups is 1. The van der Waals surface area contributed by atoms with Crippen molar-refractivity contribution in [3.05, 3.63) is 0 Å². The number of piperazine rings is 1. The highest BCUT2D eigenvalue weighted by molar-refractivity contribution is 7.91. The molecule has 0 radical (unpaired) electrons. The third-order valence-corrected chi connectivity index (χ3v) is 9.99. The molecule has 2 saturated heterocycles. The van der Waals surface area contributed by atoms with E-state index in [4.69, 9.17) is 9.94 Å². The molecule has 0 aromatic carbocycles. The van der Waals surface area contributed by atoms with Crippen LogP contribution in [0.15, 0.2) is 0 Å². The first kappa shape index (κ1) is 25.4. The quantitative estimate of drug-likeness (QED) is 0.390. The second-order valence-electron chi connectivity index (χ2n) is 9.19. The largest absolute Gasteiger partial charge is 0.381 e. The van der Waals surface area contributed by atoms with Gasteiger partial charge in [-0.1, -0.05) is 19.3 Å². The summed E-state index contributed by atoms with van der Waals surface area (Å²) < 4.78 is 31.6. The minimum Gasteiger partial charge on any atom is -0.381 e. The van der Waals surface area contributed by atoms with Crippen LogP contribution in [0.3, 0.4) is 0 Å². The van der Waals surface area contributed by atoms with Crippen LogP contribution in [-0.2, 0) is 24.3 Å². The van der Waals surface area contributed by atoms with Crippen molar-refractivity contribution < 1.29 is 28.0 Å². The summed E-state index contributed by atoms with van der Waals surface area (Å²) in [6.45, 7) is 2.76. The van der Waals surface area contributed by atoms with E-state index in [0.717, 1.165) is 25.8 Å². The van der Waals surface area contributed by atoms with Gasteiger partial charge < -0.3 is 14.5 Å². The zero-order valence-corrected chi connectivity index (χ0v) is 19.9. The Labute approximate surface area is 191 Å². The number of carbonyl (C=O) groups excluding carboxylic acids is 2. The predicted molar refractivity (Wildman–Crippen MR) is 119 cm³/mol. The summed E-state index contributed by atoms with van der Waals surface area (Å²) >= 11 is 0.